The molecule has 0 amide bonds. The molecule has 0 atom stereocenters. The van der Waals surface area contributed by atoms with Crippen LogP contribution >= 0.6 is 0 Å². The Hall–Kier alpha value is -2.10. The number of rotatable bonds is 2. The molecule has 0 unspecified atom stereocenters. The second-order valence-electron chi connectivity index (χ2n) is 3.58. The maximum atomic E-state index is 7.55. The first-order valence-corrected chi connectivity index (χ1v) is 4.92. The molecule has 0 spiro atoms. The molecular formula is C12H13N3O. The van der Waals surface area contributed by atoms with Crippen LogP contribution < -0.4 is 10.5 Å². The van der Waals surface area contributed by atoms with Gasteiger partial charge in [-0.05, 0) is 19.1 Å². The molecule has 4 heteroatoms. The number of fused-ring (bicyclic) bond motifs is 1. The van der Waals surface area contributed by atoms with E-state index in [-0.39, 0.29) is 5.84 Å². The highest BCUT2D eigenvalue weighted by molar-refractivity contribution is 6.07. The van der Waals surface area contributed by atoms with Crippen molar-refractivity contribution in [3.05, 3.63) is 35.5 Å². The van der Waals surface area contributed by atoms with Gasteiger partial charge in [-0.15, -0.1) is 0 Å². The van der Waals surface area contributed by atoms with E-state index in [4.69, 9.17) is 15.9 Å². The molecule has 2 rings (SSSR count). The van der Waals surface area contributed by atoms with E-state index in [0.717, 1.165) is 16.6 Å². The highest BCUT2D eigenvalue weighted by Crippen LogP contribution is 2.26. The van der Waals surface area contributed by atoms with Crippen LogP contribution in [0, 0.1) is 12.3 Å². The van der Waals surface area contributed by atoms with E-state index in [1.165, 1.54) is 0 Å². The Morgan fingerprint density at radius 2 is 2.19 bits per heavy atom. The maximum Gasteiger partial charge on any atom is 0.145 e. The van der Waals surface area contributed by atoms with Gasteiger partial charge >= 0.3 is 0 Å². The third-order valence-corrected chi connectivity index (χ3v) is 2.44. The van der Waals surface area contributed by atoms with Gasteiger partial charge in [-0.2, -0.15) is 0 Å². The van der Waals surface area contributed by atoms with Crippen LogP contribution in [-0.4, -0.2) is 17.9 Å². The lowest BCUT2D eigenvalue weighted by Crippen LogP contribution is -2.12. The van der Waals surface area contributed by atoms with Crippen LogP contribution in [0.3, 0.4) is 0 Å². The molecule has 1 aromatic heterocycles. The minimum Gasteiger partial charge on any atom is -0.494 e. The summed E-state index contributed by atoms with van der Waals surface area (Å²) in [4.78, 5) is 4.41. The average Bonchev–Trinajstić information content (AvgIpc) is 2.27. The second-order valence-corrected chi connectivity index (χ2v) is 3.58. The fourth-order valence-corrected chi connectivity index (χ4v) is 1.74. The van der Waals surface area contributed by atoms with Crippen molar-refractivity contribution in [2.75, 3.05) is 7.11 Å². The molecule has 4 nitrogen and oxygen atoms in total. The van der Waals surface area contributed by atoms with Crippen LogP contribution in [-0.2, 0) is 0 Å². The SMILES string of the molecule is COc1cccc2c(C(=N)N)cc(C)nc12. The van der Waals surface area contributed by atoms with Gasteiger partial charge in [-0.3, -0.25) is 5.41 Å². The van der Waals surface area contributed by atoms with Crippen LogP contribution in [0.1, 0.15) is 11.3 Å². The number of nitrogen functional groups attached to an aromatic ring is 1. The largest absolute Gasteiger partial charge is 0.494 e. The third kappa shape index (κ3) is 1.58. The van der Waals surface area contributed by atoms with E-state index in [0.29, 0.717) is 11.3 Å². The van der Waals surface area contributed by atoms with Crippen molar-refractivity contribution in [1.29, 1.82) is 5.41 Å². The highest BCUT2D eigenvalue weighted by Gasteiger charge is 2.09. The molecule has 0 fully saturated rings. The number of para-hydroxylation sites is 1. The van der Waals surface area contributed by atoms with E-state index in [2.05, 4.69) is 4.98 Å². The molecule has 0 aliphatic carbocycles. The molecule has 82 valence electrons. The number of aryl methyl sites for hydroxylation is 1. The number of hydrogen-bond donors (Lipinski definition) is 2. The molecule has 0 saturated carbocycles. The molecule has 0 bridgehead atoms. The molecule has 0 aliphatic heterocycles. The molecule has 3 N–H and O–H groups in total. The lowest BCUT2D eigenvalue weighted by Gasteiger charge is -2.09. The first-order chi connectivity index (χ1) is 7.63. The number of ether oxygens (including phenoxy) is 1. The summed E-state index contributed by atoms with van der Waals surface area (Å²) in [6, 6.07) is 7.41. The van der Waals surface area contributed by atoms with Crippen LogP contribution in [0.5, 0.6) is 5.75 Å². The first kappa shape index (κ1) is 10.4. The number of nitrogens with one attached hydrogen (secondary N) is 1. The summed E-state index contributed by atoms with van der Waals surface area (Å²) in [6.07, 6.45) is 0. The zero-order valence-corrected chi connectivity index (χ0v) is 9.24. The molecule has 1 aromatic carbocycles. The molecule has 2 aromatic rings. The summed E-state index contributed by atoms with van der Waals surface area (Å²) in [5.41, 5.74) is 7.82. The van der Waals surface area contributed by atoms with Crippen molar-refractivity contribution < 1.29 is 4.74 Å². The molecular weight excluding hydrogens is 202 g/mol. The topological polar surface area (TPSA) is 72.0 Å². The predicted octanol–water partition coefficient (Wildman–Crippen LogP) is 1.84. The van der Waals surface area contributed by atoms with Crippen molar-refractivity contribution in [2.45, 2.75) is 6.92 Å². The predicted molar refractivity (Wildman–Crippen MR) is 64.0 cm³/mol. The number of pyridine rings is 1. The standard InChI is InChI=1S/C12H13N3O/c1-7-6-9(12(13)14)8-4-3-5-10(16-2)11(8)15-7/h3-6H,1-2H3,(H3,13,14). The Balaban J connectivity index is 2.88. The van der Waals surface area contributed by atoms with Gasteiger partial charge in [-0.25, -0.2) is 4.98 Å². The lowest BCUT2D eigenvalue weighted by molar-refractivity contribution is 0.419. The van der Waals surface area contributed by atoms with Gasteiger partial charge in [0.1, 0.15) is 17.1 Å². The van der Waals surface area contributed by atoms with Gasteiger partial charge in [0.15, 0.2) is 0 Å². The number of amidine groups is 1. The number of methoxy groups -OCH3 is 1. The van der Waals surface area contributed by atoms with E-state index in [1.54, 1.807) is 7.11 Å². The van der Waals surface area contributed by atoms with Gasteiger partial charge < -0.3 is 10.5 Å². The van der Waals surface area contributed by atoms with Crippen molar-refractivity contribution >= 4 is 16.7 Å². The van der Waals surface area contributed by atoms with Gasteiger partial charge in [0, 0.05) is 16.6 Å². The smallest absolute Gasteiger partial charge is 0.145 e. The summed E-state index contributed by atoms with van der Waals surface area (Å²) < 4.78 is 5.24. The zero-order valence-electron chi connectivity index (χ0n) is 9.24. The Labute approximate surface area is 93.6 Å². The number of benzene rings is 1. The van der Waals surface area contributed by atoms with E-state index in [1.807, 2.05) is 31.2 Å². The Morgan fingerprint density at radius 3 is 2.81 bits per heavy atom. The van der Waals surface area contributed by atoms with Crippen LogP contribution in [0.2, 0.25) is 0 Å². The molecule has 0 aliphatic rings. The summed E-state index contributed by atoms with van der Waals surface area (Å²) in [6.45, 7) is 1.87. The van der Waals surface area contributed by atoms with Crippen molar-refractivity contribution in [2.24, 2.45) is 5.73 Å². The average molecular weight is 215 g/mol. The first-order valence-electron chi connectivity index (χ1n) is 4.92. The van der Waals surface area contributed by atoms with Gasteiger partial charge in [0.25, 0.3) is 0 Å². The van der Waals surface area contributed by atoms with Gasteiger partial charge in [-0.1, -0.05) is 12.1 Å². The molecule has 16 heavy (non-hydrogen) atoms. The van der Waals surface area contributed by atoms with Crippen LogP contribution in [0.25, 0.3) is 10.9 Å². The monoisotopic (exact) mass is 215 g/mol. The maximum absolute atomic E-state index is 7.55. The minimum atomic E-state index is 0.0451. The summed E-state index contributed by atoms with van der Waals surface area (Å²) in [5, 5.41) is 8.40. The van der Waals surface area contributed by atoms with Crippen molar-refractivity contribution in [3.8, 4) is 5.75 Å². The summed E-state index contributed by atoms with van der Waals surface area (Å²) in [5.74, 6) is 0.743. The molecule has 1 heterocycles. The fourth-order valence-electron chi connectivity index (χ4n) is 1.74. The van der Waals surface area contributed by atoms with Gasteiger partial charge in [0.2, 0.25) is 0 Å². The Bertz CT molecular complexity index is 563. The van der Waals surface area contributed by atoms with Crippen LogP contribution in [0.15, 0.2) is 24.3 Å². The summed E-state index contributed by atoms with van der Waals surface area (Å²) >= 11 is 0. The van der Waals surface area contributed by atoms with Crippen molar-refractivity contribution in [3.63, 3.8) is 0 Å². The second kappa shape index (κ2) is 3.81. The highest BCUT2D eigenvalue weighted by atomic mass is 16.5. The van der Waals surface area contributed by atoms with E-state index < -0.39 is 0 Å². The van der Waals surface area contributed by atoms with E-state index >= 15 is 0 Å². The third-order valence-electron chi connectivity index (χ3n) is 2.44. The minimum absolute atomic E-state index is 0.0451. The van der Waals surface area contributed by atoms with E-state index in [9.17, 15) is 0 Å². The normalized spacial score (nSPS) is 10.4. The van der Waals surface area contributed by atoms with Gasteiger partial charge in [0.05, 0.1) is 7.11 Å². The number of nitrogens with zero attached hydrogens (tertiary/aromatic N) is 1. The quantitative estimate of drug-likeness (QED) is 0.593. The number of aromatic nitrogens is 1. The Kier molecular flexibility index (Phi) is 2.48. The lowest BCUT2D eigenvalue weighted by atomic mass is 10.1. The van der Waals surface area contributed by atoms with Crippen LogP contribution in [0.4, 0.5) is 0 Å². The Morgan fingerprint density at radius 1 is 1.44 bits per heavy atom. The fraction of sp³-hybridized carbons (Fsp3) is 0.167. The summed E-state index contributed by atoms with van der Waals surface area (Å²) in [7, 11) is 1.60. The number of hydrogen-bond acceptors (Lipinski definition) is 3. The van der Waals surface area contributed by atoms with Crippen molar-refractivity contribution in [1.82, 2.24) is 4.98 Å². The molecule has 0 radical (unpaired) electrons. The number of nitrogens with two attached hydrogens (primary N) is 1. The molecule has 0 saturated heterocycles. The zero-order chi connectivity index (χ0) is 11.7.